The molecule has 0 bridgehead atoms. The first-order valence-corrected chi connectivity index (χ1v) is 24.6. The van der Waals surface area contributed by atoms with E-state index in [1.807, 2.05) is 0 Å². The summed E-state index contributed by atoms with van der Waals surface area (Å²) in [6.45, 7) is 4.52. The molecule has 360 valence electrons. The van der Waals surface area contributed by atoms with Crippen molar-refractivity contribution < 1.29 is 138 Å². The van der Waals surface area contributed by atoms with Gasteiger partial charge in [-0.1, -0.05) is 168 Å². The van der Waals surface area contributed by atoms with Crippen LogP contribution in [-0.4, -0.2) is 81.5 Å². The summed E-state index contributed by atoms with van der Waals surface area (Å²) in [6.07, 6.45) is 30.5. The summed E-state index contributed by atoms with van der Waals surface area (Å²) in [5.41, 5.74) is 0. The molecule has 14 nitrogen and oxygen atoms in total. The van der Waals surface area contributed by atoms with E-state index in [9.17, 15) is 49.8 Å². The largest absolute Gasteiger partial charge is 1.00 e. The van der Waals surface area contributed by atoms with Crippen LogP contribution in [0.25, 0.3) is 0 Å². The van der Waals surface area contributed by atoms with Crippen molar-refractivity contribution >= 4 is 41.5 Å². The zero-order chi connectivity index (χ0) is 46.1. The molecule has 0 fully saturated rings. The maximum atomic E-state index is 12.5. The third kappa shape index (κ3) is 46.8. The first-order chi connectivity index (χ1) is 29.9. The number of unbranched alkanes of at least 4 members (excludes halogenated alkanes) is 25. The maximum absolute atomic E-state index is 12.5. The molecule has 0 rings (SSSR count). The van der Waals surface area contributed by atoms with Crippen LogP contribution in [0.3, 0.4) is 0 Å². The average molecular weight is 947 g/mol. The molecule has 0 aromatic carbocycles. The van der Waals surface area contributed by atoms with Crippen molar-refractivity contribution in [1.82, 2.24) is 5.32 Å². The molecule has 0 unspecified atom stereocenters. The zero-order valence-corrected chi connectivity index (χ0v) is 47.7. The van der Waals surface area contributed by atoms with Gasteiger partial charge in [0.1, 0.15) is 18.1 Å². The molecule has 4 N–H and O–H groups in total. The van der Waals surface area contributed by atoms with E-state index < -0.39 is 59.6 Å². The molecule has 0 spiro atoms. The van der Waals surface area contributed by atoms with E-state index in [1.165, 1.54) is 116 Å². The number of carboxylic acid groups (broad SMARTS) is 3. The summed E-state index contributed by atoms with van der Waals surface area (Å²) in [5, 5.41) is 68.0. The van der Waals surface area contributed by atoms with E-state index in [0.717, 1.165) is 38.5 Å². The second kappa shape index (κ2) is 51.1. The minimum Gasteiger partial charge on any atom is -0.862 e. The van der Waals surface area contributed by atoms with E-state index in [1.54, 1.807) is 0 Å². The van der Waals surface area contributed by atoms with Crippen molar-refractivity contribution in [3.63, 3.8) is 0 Å². The first-order valence-electron chi connectivity index (χ1n) is 24.6. The summed E-state index contributed by atoms with van der Waals surface area (Å²) in [7, 11) is 0. The normalized spacial score (nSPS) is 13.2. The van der Waals surface area contributed by atoms with Crippen LogP contribution in [0, 0.1) is 0 Å². The van der Waals surface area contributed by atoms with Crippen LogP contribution in [-0.2, 0) is 19.2 Å². The minimum absolute atomic E-state index is 0. The van der Waals surface area contributed by atoms with E-state index in [2.05, 4.69) is 34.1 Å². The molecule has 0 radical (unpaired) electrons. The fraction of sp³-hybridized carbons (Fsp3) is 0.854. The number of nitrogens with one attached hydrogen (secondary N) is 1. The van der Waals surface area contributed by atoms with Crippen molar-refractivity contribution in [1.29, 1.82) is 0 Å². The Labute approximate surface area is 459 Å². The SMILES string of the molecule is CCCCCCCCCCCCCCCC([O-])=N[C@@H](CCC(=O)N[C@@H](CCCCN=C([O-])CC[C@H](N=C([O-])CCCCCCCCCCCCCCC)C(=O)O)C(=O)O)C(=O)O.[Na+].[Na+].[Na+]. The Morgan fingerprint density at radius 2 is 0.754 bits per heavy atom. The average Bonchev–Trinajstić information content (AvgIpc) is 3.23. The van der Waals surface area contributed by atoms with Crippen LogP contribution in [0.15, 0.2) is 15.0 Å². The topological polar surface area (TPSA) is 247 Å². The Kier molecular flexibility index (Phi) is 55.7. The molecule has 0 saturated heterocycles. The number of aliphatic carboxylic acids is 3. The molecule has 3 atom stereocenters. The van der Waals surface area contributed by atoms with Crippen LogP contribution in [0.4, 0.5) is 0 Å². The third-order valence-electron chi connectivity index (χ3n) is 11.3. The van der Waals surface area contributed by atoms with Gasteiger partial charge in [0, 0.05) is 13.0 Å². The Morgan fingerprint density at radius 3 is 1.09 bits per heavy atom. The Bertz CT molecular complexity index is 1280. The molecule has 0 aromatic rings. The van der Waals surface area contributed by atoms with E-state index in [4.69, 9.17) is 0 Å². The number of aliphatic imine (C=N–C) groups is 3. The molecular weight excluding hydrogens is 862 g/mol. The molecule has 65 heavy (non-hydrogen) atoms. The Morgan fingerprint density at radius 1 is 0.415 bits per heavy atom. The van der Waals surface area contributed by atoms with Gasteiger partial charge in [-0.2, -0.15) is 0 Å². The monoisotopic (exact) mass is 947 g/mol. The summed E-state index contributed by atoms with van der Waals surface area (Å²) >= 11 is 0. The third-order valence-corrected chi connectivity index (χ3v) is 11.3. The van der Waals surface area contributed by atoms with Crippen LogP contribution in [0.1, 0.15) is 239 Å². The fourth-order valence-electron chi connectivity index (χ4n) is 7.35. The van der Waals surface area contributed by atoms with Crippen molar-refractivity contribution in [2.45, 2.75) is 257 Å². The molecule has 0 aliphatic rings. The van der Waals surface area contributed by atoms with Crippen LogP contribution >= 0.6 is 0 Å². The van der Waals surface area contributed by atoms with Gasteiger partial charge in [0.15, 0.2) is 0 Å². The van der Waals surface area contributed by atoms with Crippen LogP contribution in [0.2, 0.25) is 0 Å². The number of carboxylic acids is 3. The predicted octanol–water partition coefficient (Wildman–Crippen LogP) is -0.556. The zero-order valence-electron chi connectivity index (χ0n) is 41.7. The van der Waals surface area contributed by atoms with E-state index in [0.29, 0.717) is 25.7 Å². The molecule has 0 aromatic heterocycles. The number of nitrogens with zero attached hydrogens (tertiary/aromatic N) is 3. The minimum atomic E-state index is -1.40. The smallest absolute Gasteiger partial charge is 0.862 e. The maximum Gasteiger partial charge on any atom is 1.00 e. The Balaban J connectivity index is -0.00000620. The van der Waals surface area contributed by atoms with Gasteiger partial charge < -0.3 is 40.9 Å². The molecule has 0 saturated carbocycles. The predicted molar refractivity (Wildman–Crippen MR) is 243 cm³/mol. The summed E-state index contributed by atoms with van der Waals surface area (Å²) in [5.74, 6) is -6.09. The molecular formula is C48H85N4Na3O10. The van der Waals surface area contributed by atoms with Gasteiger partial charge in [0.05, 0.1) is 0 Å². The number of hydrogen-bond donors (Lipinski definition) is 4. The van der Waals surface area contributed by atoms with Gasteiger partial charge in [-0.15, -0.1) is 0 Å². The van der Waals surface area contributed by atoms with Gasteiger partial charge in [0.25, 0.3) is 0 Å². The molecule has 17 heteroatoms. The summed E-state index contributed by atoms with van der Waals surface area (Å²) in [6, 6.07) is -3.96. The standard InChI is InChI=1S/C48H88N4O10.3Na/c1-3-5-7-9-11-13-15-17-19-21-23-25-27-32-43(54)51-40(47(59)60)34-36-42(53)49-38-30-29-31-39(46(57)58)50-45(56)37-35-41(48(61)62)52-44(55)33-28-26-24-22-20-18-16-14-12-10-8-6-4-2;;;/h39-41H,3-38H2,1-2H3,(H,49,53)(H,50,56)(H,51,54)(H,52,55)(H,57,58)(H,59,60)(H,61,62);;;/q;3*+1/p-3/t39-,40-,41-;;;/m0.../s1. The van der Waals surface area contributed by atoms with E-state index in [-0.39, 0.29) is 140 Å². The quantitative estimate of drug-likeness (QED) is 0.0263. The molecule has 0 aliphatic carbocycles. The van der Waals surface area contributed by atoms with Crippen molar-refractivity contribution in [3.05, 3.63) is 0 Å². The second-order valence-electron chi connectivity index (χ2n) is 17.0. The van der Waals surface area contributed by atoms with Gasteiger partial charge in [-0.3, -0.25) is 14.8 Å². The number of rotatable bonds is 45. The van der Waals surface area contributed by atoms with Crippen LogP contribution in [0.5, 0.6) is 0 Å². The van der Waals surface area contributed by atoms with Gasteiger partial charge in [-0.25, -0.2) is 14.4 Å². The summed E-state index contributed by atoms with van der Waals surface area (Å²) in [4.78, 5) is 59.2. The van der Waals surface area contributed by atoms with Crippen molar-refractivity contribution in [2.75, 3.05) is 6.54 Å². The first kappa shape index (κ1) is 70.8. The van der Waals surface area contributed by atoms with Crippen molar-refractivity contribution in [3.8, 4) is 0 Å². The second-order valence-corrected chi connectivity index (χ2v) is 17.0. The van der Waals surface area contributed by atoms with Gasteiger partial charge in [-0.05, 0) is 81.9 Å². The molecule has 1 amide bonds. The number of amides is 1. The molecule has 0 aliphatic heterocycles. The summed E-state index contributed by atoms with van der Waals surface area (Å²) < 4.78 is 0. The van der Waals surface area contributed by atoms with Crippen LogP contribution < -0.4 is 109 Å². The molecule has 0 heterocycles. The van der Waals surface area contributed by atoms with E-state index >= 15 is 0 Å². The van der Waals surface area contributed by atoms with Crippen molar-refractivity contribution in [2.24, 2.45) is 15.0 Å². The number of carbonyl (C=O) groups is 4. The Hall–Kier alpha value is -0.710. The van der Waals surface area contributed by atoms with Gasteiger partial charge in [0.2, 0.25) is 5.91 Å². The van der Waals surface area contributed by atoms with Gasteiger partial charge >= 0.3 is 107 Å². The fourth-order valence-corrected chi connectivity index (χ4v) is 7.35. The number of hydrogen-bond acceptors (Lipinski definition) is 10. The number of carbonyl (C=O) groups excluding carboxylic acids is 1.